The molecular weight excluding hydrogens is 254 g/mol. The molecular formula is C15H23N3O2. The van der Waals surface area contributed by atoms with Crippen LogP contribution in [0.25, 0.3) is 0 Å². The van der Waals surface area contributed by atoms with Gasteiger partial charge in [-0.1, -0.05) is 0 Å². The standard InChI is InChI=1S/C15H23N3O2/c1-11-14(17-10-20-11)15(19)18-7-4-12(5-8-18)13-3-2-6-16-9-13/h10,12-13,16H,2-9H2,1H3. The Morgan fingerprint density at radius 3 is 2.75 bits per heavy atom. The Hall–Kier alpha value is -1.36. The number of amides is 1. The van der Waals surface area contributed by atoms with Crippen molar-refractivity contribution in [1.29, 1.82) is 0 Å². The molecule has 1 amide bonds. The van der Waals surface area contributed by atoms with Crippen molar-refractivity contribution in [2.75, 3.05) is 26.2 Å². The second-order valence-electron chi connectivity index (χ2n) is 5.99. The number of carbonyl (C=O) groups excluding carboxylic acids is 1. The van der Waals surface area contributed by atoms with Gasteiger partial charge in [0.1, 0.15) is 5.76 Å². The summed E-state index contributed by atoms with van der Waals surface area (Å²) < 4.78 is 5.13. The molecule has 1 N–H and O–H groups in total. The maximum Gasteiger partial charge on any atom is 0.276 e. The molecule has 0 spiro atoms. The van der Waals surface area contributed by atoms with E-state index in [-0.39, 0.29) is 5.91 Å². The van der Waals surface area contributed by atoms with Crippen LogP contribution in [0.5, 0.6) is 0 Å². The minimum Gasteiger partial charge on any atom is -0.448 e. The summed E-state index contributed by atoms with van der Waals surface area (Å²) >= 11 is 0. The summed E-state index contributed by atoms with van der Waals surface area (Å²) in [7, 11) is 0. The topological polar surface area (TPSA) is 58.4 Å². The predicted octanol–water partition coefficient (Wildman–Crippen LogP) is 1.83. The lowest BCUT2D eigenvalue weighted by atomic mass is 9.80. The van der Waals surface area contributed by atoms with E-state index >= 15 is 0 Å². The van der Waals surface area contributed by atoms with Gasteiger partial charge in [-0.2, -0.15) is 0 Å². The van der Waals surface area contributed by atoms with Gasteiger partial charge in [0.05, 0.1) is 0 Å². The Bertz CT molecular complexity index is 457. The molecule has 2 saturated heterocycles. The number of nitrogens with one attached hydrogen (secondary N) is 1. The zero-order chi connectivity index (χ0) is 13.9. The van der Waals surface area contributed by atoms with Gasteiger partial charge in [0.15, 0.2) is 12.1 Å². The molecule has 0 aromatic carbocycles. The van der Waals surface area contributed by atoms with Gasteiger partial charge >= 0.3 is 0 Å². The highest BCUT2D eigenvalue weighted by atomic mass is 16.3. The normalized spacial score (nSPS) is 24.9. The predicted molar refractivity (Wildman–Crippen MR) is 75.5 cm³/mol. The summed E-state index contributed by atoms with van der Waals surface area (Å²) in [6, 6.07) is 0. The Kier molecular flexibility index (Phi) is 4.05. The van der Waals surface area contributed by atoms with Crippen LogP contribution in [-0.4, -0.2) is 42.0 Å². The van der Waals surface area contributed by atoms with Crippen molar-refractivity contribution >= 4 is 5.91 Å². The van der Waals surface area contributed by atoms with E-state index in [0.29, 0.717) is 11.5 Å². The second kappa shape index (κ2) is 5.95. The maximum atomic E-state index is 12.4. The number of rotatable bonds is 2. The molecule has 0 saturated carbocycles. The first-order valence-electron chi connectivity index (χ1n) is 7.66. The van der Waals surface area contributed by atoms with Crippen LogP contribution in [0.1, 0.15) is 41.9 Å². The molecule has 1 aromatic rings. The van der Waals surface area contributed by atoms with Gasteiger partial charge < -0.3 is 14.6 Å². The summed E-state index contributed by atoms with van der Waals surface area (Å²) in [6.45, 7) is 5.82. The van der Waals surface area contributed by atoms with Gasteiger partial charge in [0, 0.05) is 13.1 Å². The van der Waals surface area contributed by atoms with Crippen molar-refractivity contribution < 1.29 is 9.21 Å². The quantitative estimate of drug-likeness (QED) is 0.896. The summed E-state index contributed by atoms with van der Waals surface area (Å²) in [5.74, 6) is 2.21. The summed E-state index contributed by atoms with van der Waals surface area (Å²) in [5.41, 5.74) is 0.475. The fourth-order valence-electron chi connectivity index (χ4n) is 3.52. The monoisotopic (exact) mass is 277 g/mol. The largest absolute Gasteiger partial charge is 0.448 e. The Morgan fingerprint density at radius 1 is 1.35 bits per heavy atom. The lowest BCUT2D eigenvalue weighted by Crippen LogP contribution is -2.43. The maximum absolute atomic E-state index is 12.4. The molecule has 1 atom stereocenters. The summed E-state index contributed by atoms with van der Waals surface area (Å²) in [5, 5.41) is 3.49. The molecule has 2 fully saturated rings. The molecule has 2 aliphatic heterocycles. The van der Waals surface area contributed by atoms with Crippen molar-refractivity contribution in [2.24, 2.45) is 11.8 Å². The zero-order valence-electron chi connectivity index (χ0n) is 12.1. The molecule has 5 nitrogen and oxygen atoms in total. The summed E-state index contributed by atoms with van der Waals surface area (Å²) in [4.78, 5) is 18.3. The van der Waals surface area contributed by atoms with Crippen LogP contribution in [0.15, 0.2) is 10.8 Å². The number of piperidine rings is 2. The van der Waals surface area contributed by atoms with E-state index in [1.165, 1.54) is 25.8 Å². The fraction of sp³-hybridized carbons (Fsp3) is 0.733. The molecule has 0 radical (unpaired) electrons. The number of oxazole rings is 1. The van der Waals surface area contributed by atoms with Crippen LogP contribution >= 0.6 is 0 Å². The van der Waals surface area contributed by atoms with Crippen molar-refractivity contribution in [3.63, 3.8) is 0 Å². The van der Waals surface area contributed by atoms with Crippen molar-refractivity contribution in [1.82, 2.24) is 15.2 Å². The number of hydrogen-bond donors (Lipinski definition) is 1. The zero-order valence-corrected chi connectivity index (χ0v) is 12.1. The SMILES string of the molecule is Cc1ocnc1C(=O)N1CCC(C2CCCNC2)CC1. The van der Waals surface area contributed by atoms with Crippen LogP contribution in [0, 0.1) is 18.8 Å². The Balaban J connectivity index is 1.55. The van der Waals surface area contributed by atoms with Gasteiger partial charge in [-0.3, -0.25) is 4.79 Å². The minimum atomic E-state index is 0.0245. The average molecular weight is 277 g/mol. The third kappa shape index (κ3) is 2.73. The molecule has 1 aromatic heterocycles. The smallest absolute Gasteiger partial charge is 0.276 e. The van der Waals surface area contributed by atoms with E-state index < -0.39 is 0 Å². The first-order chi connectivity index (χ1) is 9.75. The van der Waals surface area contributed by atoms with Gasteiger partial charge in [0.25, 0.3) is 5.91 Å². The van der Waals surface area contributed by atoms with Crippen LogP contribution in [-0.2, 0) is 0 Å². The first kappa shape index (κ1) is 13.6. The van der Waals surface area contributed by atoms with Crippen molar-refractivity contribution in [3.05, 3.63) is 17.8 Å². The highest BCUT2D eigenvalue weighted by Gasteiger charge is 2.30. The average Bonchev–Trinajstić information content (AvgIpc) is 2.94. The number of aromatic nitrogens is 1. The molecule has 3 heterocycles. The van der Waals surface area contributed by atoms with Gasteiger partial charge in [0.2, 0.25) is 0 Å². The van der Waals surface area contributed by atoms with Gasteiger partial charge in [-0.15, -0.1) is 0 Å². The highest BCUT2D eigenvalue weighted by molar-refractivity contribution is 5.93. The van der Waals surface area contributed by atoms with Crippen LogP contribution in [0.2, 0.25) is 0 Å². The molecule has 5 heteroatoms. The fourth-order valence-corrected chi connectivity index (χ4v) is 3.52. The Labute approximate surface area is 119 Å². The van der Waals surface area contributed by atoms with Crippen LogP contribution < -0.4 is 5.32 Å². The molecule has 110 valence electrons. The number of nitrogens with zero attached hydrogens (tertiary/aromatic N) is 2. The minimum absolute atomic E-state index is 0.0245. The molecule has 3 rings (SSSR count). The first-order valence-corrected chi connectivity index (χ1v) is 7.66. The lowest BCUT2D eigenvalue weighted by molar-refractivity contribution is 0.0638. The number of hydrogen-bond acceptors (Lipinski definition) is 4. The third-order valence-electron chi connectivity index (χ3n) is 4.78. The van der Waals surface area contributed by atoms with Crippen molar-refractivity contribution in [3.8, 4) is 0 Å². The molecule has 2 aliphatic rings. The van der Waals surface area contributed by atoms with E-state index in [2.05, 4.69) is 10.3 Å². The lowest BCUT2D eigenvalue weighted by Gasteiger charge is -2.37. The van der Waals surface area contributed by atoms with E-state index in [1.807, 2.05) is 4.90 Å². The number of likely N-dealkylation sites (tertiary alicyclic amines) is 1. The number of aryl methyl sites for hydroxylation is 1. The molecule has 0 bridgehead atoms. The molecule has 20 heavy (non-hydrogen) atoms. The third-order valence-corrected chi connectivity index (χ3v) is 4.78. The Morgan fingerprint density at radius 2 is 2.15 bits per heavy atom. The van der Waals surface area contributed by atoms with Gasteiger partial charge in [-0.05, 0) is 57.5 Å². The highest BCUT2D eigenvalue weighted by Crippen LogP contribution is 2.29. The van der Waals surface area contributed by atoms with Crippen LogP contribution in [0.3, 0.4) is 0 Å². The van der Waals surface area contributed by atoms with E-state index in [1.54, 1.807) is 6.92 Å². The van der Waals surface area contributed by atoms with E-state index in [4.69, 9.17) is 4.42 Å². The van der Waals surface area contributed by atoms with E-state index in [0.717, 1.165) is 44.3 Å². The molecule has 1 unspecified atom stereocenters. The van der Waals surface area contributed by atoms with Crippen molar-refractivity contribution in [2.45, 2.75) is 32.6 Å². The number of carbonyl (C=O) groups is 1. The molecule has 0 aliphatic carbocycles. The van der Waals surface area contributed by atoms with Crippen LogP contribution in [0.4, 0.5) is 0 Å². The van der Waals surface area contributed by atoms with E-state index in [9.17, 15) is 4.79 Å². The summed E-state index contributed by atoms with van der Waals surface area (Å²) in [6.07, 6.45) is 6.23. The van der Waals surface area contributed by atoms with Gasteiger partial charge in [-0.25, -0.2) is 4.98 Å². The second-order valence-corrected chi connectivity index (χ2v) is 5.99.